The Hall–Kier alpha value is -2.49. The summed E-state index contributed by atoms with van der Waals surface area (Å²) in [5.41, 5.74) is 1.26. The minimum atomic E-state index is -0.431. The van der Waals surface area contributed by atoms with Crippen LogP contribution < -0.4 is 4.74 Å². The molecule has 1 aromatic heterocycles. The number of nitrogens with zero attached hydrogens (tertiary/aromatic N) is 4. The molecular weight excluding hydrogens is 400 g/mol. The summed E-state index contributed by atoms with van der Waals surface area (Å²) in [6.45, 7) is 6.91. The van der Waals surface area contributed by atoms with Gasteiger partial charge in [0.25, 0.3) is 5.91 Å². The Balaban J connectivity index is 1.73. The topological polar surface area (TPSA) is 87.9 Å². The maximum atomic E-state index is 13.3. The molecule has 31 heavy (non-hydrogen) atoms. The van der Waals surface area contributed by atoms with Crippen LogP contribution in [0.2, 0.25) is 0 Å². The van der Waals surface area contributed by atoms with Crippen molar-refractivity contribution in [2.24, 2.45) is 0 Å². The molecule has 1 atom stereocenters. The molecule has 9 nitrogen and oxygen atoms in total. The number of rotatable bonds is 12. The first kappa shape index (κ1) is 23.2. The summed E-state index contributed by atoms with van der Waals surface area (Å²) < 4.78 is 23.8. The summed E-state index contributed by atoms with van der Waals surface area (Å²) in [7, 11) is 1.63. The number of methoxy groups -OCH3 is 1. The van der Waals surface area contributed by atoms with Crippen LogP contribution in [0.5, 0.6) is 5.75 Å². The Bertz CT molecular complexity index is 816. The van der Waals surface area contributed by atoms with Crippen LogP contribution in [-0.4, -0.2) is 71.7 Å². The second-order valence-corrected chi connectivity index (χ2v) is 7.34. The van der Waals surface area contributed by atoms with Crippen LogP contribution in [0.4, 0.5) is 0 Å². The van der Waals surface area contributed by atoms with Gasteiger partial charge in [-0.2, -0.15) is 0 Å². The van der Waals surface area contributed by atoms with Crippen molar-refractivity contribution >= 4 is 5.91 Å². The summed E-state index contributed by atoms with van der Waals surface area (Å²) in [6.07, 6.45) is 3.20. The molecule has 1 aliphatic heterocycles. The standard InChI is InChI=1S/C22H32N4O5/c1-4-29-21(30-5-2)16-26-15-20(23-24-26)22(27)25(14-19-10-7-11-31-19)13-17-8-6-9-18(12-17)28-3/h6,8-9,12,15,19,21H,4-5,7,10-11,13-14,16H2,1-3H3. The lowest BCUT2D eigenvalue weighted by Gasteiger charge is -2.25. The van der Waals surface area contributed by atoms with Gasteiger partial charge in [-0.15, -0.1) is 5.10 Å². The third kappa shape index (κ3) is 6.75. The normalized spacial score (nSPS) is 16.1. The van der Waals surface area contributed by atoms with E-state index in [0.29, 0.717) is 32.8 Å². The lowest BCUT2D eigenvalue weighted by molar-refractivity contribution is -0.145. The highest BCUT2D eigenvalue weighted by atomic mass is 16.7. The molecule has 0 N–H and O–H groups in total. The Kier molecular flexibility index (Phi) is 8.81. The lowest BCUT2D eigenvalue weighted by atomic mass is 10.1. The van der Waals surface area contributed by atoms with Gasteiger partial charge in [-0.25, -0.2) is 4.68 Å². The van der Waals surface area contributed by atoms with Crippen LogP contribution in [-0.2, 0) is 27.3 Å². The third-order valence-corrected chi connectivity index (χ3v) is 5.04. The molecule has 170 valence electrons. The molecule has 2 aromatic rings. The fourth-order valence-corrected chi connectivity index (χ4v) is 3.57. The molecule has 0 radical (unpaired) electrons. The summed E-state index contributed by atoms with van der Waals surface area (Å²) in [6, 6.07) is 7.71. The second kappa shape index (κ2) is 11.8. The third-order valence-electron chi connectivity index (χ3n) is 5.04. The van der Waals surface area contributed by atoms with Gasteiger partial charge in [-0.3, -0.25) is 4.79 Å². The van der Waals surface area contributed by atoms with E-state index in [0.717, 1.165) is 30.8 Å². The highest BCUT2D eigenvalue weighted by Crippen LogP contribution is 2.19. The zero-order valence-electron chi connectivity index (χ0n) is 18.5. The Morgan fingerprint density at radius 3 is 2.81 bits per heavy atom. The number of amides is 1. The molecule has 1 saturated heterocycles. The lowest BCUT2D eigenvalue weighted by Crippen LogP contribution is -2.37. The Morgan fingerprint density at radius 2 is 2.13 bits per heavy atom. The highest BCUT2D eigenvalue weighted by Gasteiger charge is 2.26. The van der Waals surface area contributed by atoms with E-state index in [9.17, 15) is 4.79 Å². The molecule has 0 spiro atoms. The molecule has 0 saturated carbocycles. The van der Waals surface area contributed by atoms with Gasteiger partial charge in [-0.05, 0) is 44.4 Å². The second-order valence-electron chi connectivity index (χ2n) is 7.34. The van der Waals surface area contributed by atoms with Crippen LogP contribution in [0.3, 0.4) is 0 Å². The van der Waals surface area contributed by atoms with Gasteiger partial charge in [0.2, 0.25) is 0 Å². The zero-order chi connectivity index (χ0) is 22.1. The van der Waals surface area contributed by atoms with E-state index < -0.39 is 6.29 Å². The number of hydrogen-bond donors (Lipinski definition) is 0. The van der Waals surface area contributed by atoms with Crippen molar-refractivity contribution in [3.05, 3.63) is 41.7 Å². The van der Waals surface area contributed by atoms with Gasteiger partial charge in [0, 0.05) is 32.9 Å². The molecule has 1 unspecified atom stereocenters. The van der Waals surface area contributed by atoms with Gasteiger partial charge in [0.05, 0.1) is 26.0 Å². The molecule has 9 heteroatoms. The maximum Gasteiger partial charge on any atom is 0.276 e. The van der Waals surface area contributed by atoms with Crippen LogP contribution in [0, 0.1) is 0 Å². The van der Waals surface area contributed by atoms with Crippen molar-refractivity contribution in [3.8, 4) is 5.75 Å². The predicted octanol–water partition coefficient (Wildman–Crippen LogP) is 2.51. The molecule has 0 bridgehead atoms. The Labute approximate surface area is 183 Å². The van der Waals surface area contributed by atoms with Gasteiger partial charge < -0.3 is 23.8 Å². The minimum absolute atomic E-state index is 0.0323. The van der Waals surface area contributed by atoms with Crippen LogP contribution in [0.15, 0.2) is 30.5 Å². The van der Waals surface area contributed by atoms with Gasteiger partial charge in [-0.1, -0.05) is 17.3 Å². The summed E-state index contributed by atoms with van der Waals surface area (Å²) in [5, 5.41) is 8.20. The smallest absolute Gasteiger partial charge is 0.276 e. The van der Waals surface area contributed by atoms with E-state index >= 15 is 0 Å². The van der Waals surface area contributed by atoms with Gasteiger partial charge >= 0.3 is 0 Å². The SMILES string of the molecule is CCOC(Cn1cc(C(=O)N(Cc2cccc(OC)c2)CC2CCCO2)nn1)OCC. The van der Waals surface area contributed by atoms with Crippen molar-refractivity contribution in [2.75, 3.05) is 33.5 Å². The summed E-state index contributed by atoms with van der Waals surface area (Å²) in [4.78, 5) is 15.1. The highest BCUT2D eigenvalue weighted by molar-refractivity contribution is 5.91. The van der Waals surface area contributed by atoms with Gasteiger partial charge in [0.1, 0.15) is 5.75 Å². The molecule has 1 fully saturated rings. The molecule has 1 amide bonds. The molecular formula is C22H32N4O5. The minimum Gasteiger partial charge on any atom is -0.497 e. The molecule has 1 aromatic carbocycles. The van der Waals surface area contributed by atoms with E-state index in [4.69, 9.17) is 18.9 Å². The first-order valence-corrected chi connectivity index (χ1v) is 10.8. The van der Waals surface area contributed by atoms with Gasteiger partial charge in [0.15, 0.2) is 12.0 Å². The number of carbonyl (C=O) groups excluding carboxylic acids is 1. The molecule has 3 rings (SSSR count). The summed E-state index contributed by atoms with van der Waals surface area (Å²) in [5.74, 6) is 0.569. The number of benzene rings is 1. The van der Waals surface area contributed by atoms with E-state index in [1.54, 1.807) is 22.9 Å². The predicted molar refractivity (Wildman–Crippen MR) is 114 cm³/mol. The Morgan fingerprint density at radius 1 is 1.32 bits per heavy atom. The number of carbonyl (C=O) groups is 1. The molecule has 0 aliphatic carbocycles. The largest absolute Gasteiger partial charge is 0.497 e. The monoisotopic (exact) mass is 432 g/mol. The first-order valence-electron chi connectivity index (χ1n) is 10.8. The fourth-order valence-electron chi connectivity index (χ4n) is 3.57. The van der Waals surface area contributed by atoms with Crippen molar-refractivity contribution in [1.82, 2.24) is 19.9 Å². The van der Waals surface area contributed by atoms with Crippen molar-refractivity contribution < 1.29 is 23.7 Å². The van der Waals surface area contributed by atoms with E-state index in [-0.39, 0.29) is 17.7 Å². The molecule has 2 heterocycles. The van der Waals surface area contributed by atoms with Crippen molar-refractivity contribution in [2.45, 2.75) is 52.2 Å². The first-order chi connectivity index (χ1) is 15.1. The number of ether oxygens (including phenoxy) is 4. The van der Waals surface area contributed by atoms with E-state index in [2.05, 4.69) is 10.3 Å². The van der Waals surface area contributed by atoms with E-state index in [1.807, 2.05) is 38.1 Å². The van der Waals surface area contributed by atoms with Crippen LogP contribution in [0.25, 0.3) is 0 Å². The summed E-state index contributed by atoms with van der Waals surface area (Å²) >= 11 is 0. The van der Waals surface area contributed by atoms with Crippen LogP contribution in [0.1, 0.15) is 42.7 Å². The van der Waals surface area contributed by atoms with E-state index in [1.165, 1.54) is 0 Å². The van der Waals surface area contributed by atoms with Crippen LogP contribution >= 0.6 is 0 Å². The molecule has 1 aliphatic rings. The fraction of sp³-hybridized carbons (Fsp3) is 0.591. The quantitative estimate of drug-likeness (QED) is 0.476. The average Bonchev–Trinajstić information content (AvgIpc) is 3.45. The number of aromatic nitrogens is 3. The average molecular weight is 433 g/mol. The van der Waals surface area contributed by atoms with Crippen molar-refractivity contribution in [3.63, 3.8) is 0 Å². The van der Waals surface area contributed by atoms with Crippen molar-refractivity contribution in [1.29, 1.82) is 0 Å². The number of hydrogen-bond acceptors (Lipinski definition) is 7. The zero-order valence-corrected chi connectivity index (χ0v) is 18.5. The maximum absolute atomic E-state index is 13.3.